The van der Waals surface area contributed by atoms with Gasteiger partial charge in [0.1, 0.15) is 0 Å². The van der Waals surface area contributed by atoms with Gasteiger partial charge in [-0.2, -0.15) is 0 Å². The number of aliphatic hydroxyl groups is 1. The Labute approximate surface area is 147 Å². The van der Waals surface area contributed by atoms with Crippen molar-refractivity contribution in [3.8, 4) is 0 Å². The third-order valence-electron chi connectivity index (χ3n) is 4.12. The normalized spacial score (nSPS) is 19.9. The second-order valence-corrected chi connectivity index (χ2v) is 9.20. The highest BCUT2D eigenvalue weighted by molar-refractivity contribution is 8.03. The van der Waals surface area contributed by atoms with Gasteiger partial charge in [0.05, 0.1) is 18.8 Å². The van der Waals surface area contributed by atoms with Gasteiger partial charge >= 0.3 is 0 Å². The summed E-state index contributed by atoms with van der Waals surface area (Å²) >= 11 is 1.57. The fourth-order valence-corrected chi connectivity index (χ4v) is 4.55. The molecule has 0 amide bonds. The minimum Gasteiger partial charge on any atom is -0.385 e. The third kappa shape index (κ3) is 8.85. The van der Waals surface area contributed by atoms with Crippen molar-refractivity contribution < 1.29 is 14.2 Å². The second kappa shape index (κ2) is 11.1. The van der Waals surface area contributed by atoms with E-state index in [-0.39, 0.29) is 0 Å². The molecular weight excluding hydrogens is 329 g/mol. The fourth-order valence-electron chi connectivity index (χ4n) is 2.31. The smallest absolute Gasteiger partial charge is 0.256 e. The monoisotopic (exact) mass is 363 g/mol. The fraction of sp³-hybridized carbons (Fsp3) is 0.882. The van der Waals surface area contributed by atoms with Crippen molar-refractivity contribution in [2.75, 3.05) is 19.0 Å². The van der Waals surface area contributed by atoms with Crippen LogP contribution in [0.25, 0.3) is 0 Å². The highest BCUT2D eigenvalue weighted by Crippen LogP contribution is 2.38. The molecule has 4 nitrogen and oxygen atoms in total. The van der Waals surface area contributed by atoms with Crippen LogP contribution in [-0.2, 0) is 9.05 Å². The van der Waals surface area contributed by atoms with E-state index in [4.69, 9.17) is 9.05 Å². The average Bonchev–Trinajstić information content (AvgIpc) is 3.01. The van der Waals surface area contributed by atoms with Crippen LogP contribution in [0.4, 0.5) is 0 Å². The Morgan fingerprint density at radius 2 is 2.04 bits per heavy atom. The van der Waals surface area contributed by atoms with Crippen molar-refractivity contribution in [2.45, 2.75) is 71.4 Å². The molecule has 1 aliphatic carbocycles. The molecule has 0 aliphatic heterocycles. The molecule has 0 aromatic heterocycles. The summed E-state index contributed by atoms with van der Waals surface area (Å²) in [6.07, 6.45) is 5.91. The van der Waals surface area contributed by atoms with Crippen LogP contribution in [0.3, 0.4) is 0 Å². The lowest BCUT2D eigenvalue weighted by molar-refractivity contribution is 0.104. The largest absolute Gasteiger partial charge is 0.385 e. The molecule has 2 unspecified atom stereocenters. The van der Waals surface area contributed by atoms with Crippen LogP contribution in [0, 0.1) is 5.92 Å². The number of hydrogen-bond acceptors (Lipinski definition) is 5. The quantitative estimate of drug-likeness (QED) is 0.384. The molecule has 1 aliphatic rings. The molecule has 23 heavy (non-hydrogen) atoms. The number of thioether (sulfide) groups is 1. The average molecular weight is 364 g/mol. The standard InChI is InChI=1S/C17H34NO3PS/c1-6-17(5,19)15(4)23-12-11-20-22(18-14(2)3)21-13-16-9-7-8-10-16/h14,16,18-19H,4,6-13H2,1-3,5H3. The van der Waals surface area contributed by atoms with Gasteiger partial charge in [0.15, 0.2) is 0 Å². The van der Waals surface area contributed by atoms with Crippen molar-refractivity contribution in [1.82, 2.24) is 5.09 Å². The summed E-state index contributed by atoms with van der Waals surface area (Å²) in [5.41, 5.74) is -0.801. The minimum absolute atomic E-state index is 0.341. The predicted octanol–water partition coefficient (Wildman–Crippen LogP) is 4.84. The van der Waals surface area contributed by atoms with Crippen molar-refractivity contribution in [2.24, 2.45) is 5.92 Å². The number of nitrogens with one attached hydrogen (secondary N) is 1. The van der Waals surface area contributed by atoms with Gasteiger partial charge < -0.3 is 14.2 Å². The van der Waals surface area contributed by atoms with Crippen LogP contribution in [-0.4, -0.2) is 35.7 Å². The Morgan fingerprint density at radius 1 is 1.39 bits per heavy atom. The topological polar surface area (TPSA) is 50.7 Å². The summed E-state index contributed by atoms with van der Waals surface area (Å²) in [5.74, 6) is 1.48. The van der Waals surface area contributed by atoms with E-state index in [1.165, 1.54) is 25.7 Å². The molecule has 6 heteroatoms. The zero-order valence-corrected chi connectivity index (χ0v) is 16.8. The van der Waals surface area contributed by atoms with Gasteiger partial charge in [-0.1, -0.05) is 26.3 Å². The van der Waals surface area contributed by atoms with E-state index in [9.17, 15) is 5.11 Å². The molecule has 1 fully saturated rings. The Balaban J connectivity index is 2.26. The van der Waals surface area contributed by atoms with Gasteiger partial charge in [-0.25, -0.2) is 5.09 Å². The van der Waals surface area contributed by atoms with Crippen molar-refractivity contribution >= 4 is 20.3 Å². The molecule has 1 saturated carbocycles. The van der Waals surface area contributed by atoms with Gasteiger partial charge in [0.2, 0.25) is 0 Å². The van der Waals surface area contributed by atoms with Crippen LogP contribution in [0.2, 0.25) is 0 Å². The first-order valence-electron chi connectivity index (χ1n) is 8.71. The highest BCUT2D eigenvalue weighted by atomic mass is 32.2. The zero-order valence-electron chi connectivity index (χ0n) is 15.1. The summed E-state index contributed by atoms with van der Waals surface area (Å²) in [5, 5.41) is 13.5. The van der Waals surface area contributed by atoms with Crippen LogP contribution >= 0.6 is 20.3 Å². The molecule has 0 radical (unpaired) electrons. The van der Waals surface area contributed by atoms with Crippen LogP contribution in [0.1, 0.15) is 59.8 Å². The molecule has 0 aromatic rings. The van der Waals surface area contributed by atoms with Gasteiger partial charge in [0, 0.05) is 16.7 Å². The molecule has 2 atom stereocenters. The SMILES string of the molecule is C=C(SCCOP(NC(C)C)OCC1CCCC1)C(C)(O)CC. The maximum atomic E-state index is 10.1. The van der Waals surface area contributed by atoms with Crippen LogP contribution < -0.4 is 5.09 Å². The highest BCUT2D eigenvalue weighted by Gasteiger charge is 2.22. The van der Waals surface area contributed by atoms with Gasteiger partial charge in [-0.3, -0.25) is 0 Å². The molecular formula is C17H34NO3PS. The van der Waals surface area contributed by atoms with E-state index in [0.717, 1.165) is 17.3 Å². The van der Waals surface area contributed by atoms with Crippen molar-refractivity contribution in [1.29, 1.82) is 0 Å². The molecule has 0 spiro atoms. The summed E-state index contributed by atoms with van der Waals surface area (Å²) in [6, 6.07) is 0.341. The first kappa shape index (κ1) is 21.4. The summed E-state index contributed by atoms with van der Waals surface area (Å²) < 4.78 is 11.9. The third-order valence-corrected chi connectivity index (χ3v) is 6.81. The van der Waals surface area contributed by atoms with Gasteiger partial charge in [0.25, 0.3) is 8.53 Å². The first-order chi connectivity index (χ1) is 10.8. The lowest BCUT2D eigenvalue weighted by Crippen LogP contribution is -2.24. The van der Waals surface area contributed by atoms with Crippen molar-refractivity contribution in [3.63, 3.8) is 0 Å². The number of rotatable bonds is 12. The zero-order chi connectivity index (χ0) is 17.3. The molecule has 0 saturated heterocycles. The second-order valence-electron chi connectivity index (χ2n) is 6.72. The van der Waals surface area contributed by atoms with Crippen LogP contribution in [0.5, 0.6) is 0 Å². The van der Waals surface area contributed by atoms with E-state index >= 15 is 0 Å². The van der Waals surface area contributed by atoms with Crippen molar-refractivity contribution in [3.05, 3.63) is 11.5 Å². The molecule has 136 valence electrons. The number of hydrogen-bond donors (Lipinski definition) is 2. The van der Waals surface area contributed by atoms with E-state index in [1.807, 2.05) is 6.92 Å². The Kier molecular flexibility index (Phi) is 10.3. The van der Waals surface area contributed by atoms with Gasteiger partial charge in [-0.15, -0.1) is 11.8 Å². The molecule has 1 rings (SSSR count). The van der Waals surface area contributed by atoms with E-state index in [0.29, 0.717) is 25.0 Å². The van der Waals surface area contributed by atoms with E-state index < -0.39 is 14.1 Å². The van der Waals surface area contributed by atoms with E-state index in [2.05, 4.69) is 25.5 Å². The predicted molar refractivity (Wildman–Crippen MR) is 102 cm³/mol. The Morgan fingerprint density at radius 3 is 2.61 bits per heavy atom. The molecule has 0 heterocycles. The van der Waals surface area contributed by atoms with Gasteiger partial charge in [-0.05, 0) is 46.0 Å². The molecule has 2 N–H and O–H groups in total. The lowest BCUT2D eigenvalue weighted by Gasteiger charge is -2.24. The Hall–Kier alpha value is 0.360. The minimum atomic E-state index is -1.03. The Bertz CT molecular complexity index is 347. The van der Waals surface area contributed by atoms with E-state index in [1.54, 1.807) is 18.7 Å². The maximum Gasteiger partial charge on any atom is 0.256 e. The summed E-state index contributed by atoms with van der Waals surface area (Å²) in [6.45, 7) is 13.3. The summed E-state index contributed by atoms with van der Waals surface area (Å²) in [4.78, 5) is 0.802. The maximum absolute atomic E-state index is 10.1. The molecule has 0 aromatic carbocycles. The lowest BCUT2D eigenvalue weighted by atomic mass is 10.0. The first-order valence-corrected chi connectivity index (χ1v) is 10.9. The molecule has 0 bridgehead atoms. The van der Waals surface area contributed by atoms with Crippen LogP contribution in [0.15, 0.2) is 11.5 Å². The summed E-state index contributed by atoms with van der Waals surface area (Å²) in [7, 11) is -1.03.